The number of rotatable bonds is 13. The van der Waals surface area contributed by atoms with Crippen LogP contribution in [0.2, 0.25) is 0 Å². The first kappa shape index (κ1) is 30.9. The minimum absolute atomic E-state index is 0.0378. The van der Waals surface area contributed by atoms with E-state index in [0.717, 1.165) is 43.4 Å². The van der Waals surface area contributed by atoms with Crippen molar-refractivity contribution in [1.29, 1.82) is 0 Å². The Morgan fingerprint density at radius 2 is 1.82 bits per heavy atom. The van der Waals surface area contributed by atoms with Gasteiger partial charge in [0.1, 0.15) is 11.5 Å². The maximum atomic E-state index is 13.4. The molecule has 1 heterocycles. The molecule has 3 atom stereocenters. The zero-order valence-electron chi connectivity index (χ0n) is 24.5. The summed E-state index contributed by atoms with van der Waals surface area (Å²) in [6.07, 6.45) is 4.79. The number of likely N-dealkylation sites (N-methyl/N-ethyl adjacent to an activating group) is 1. The van der Waals surface area contributed by atoms with Crippen LogP contribution in [0.15, 0.2) is 54.6 Å². The molecular formula is C32H49N3O4. The van der Waals surface area contributed by atoms with E-state index in [4.69, 9.17) is 9.47 Å². The van der Waals surface area contributed by atoms with Gasteiger partial charge in [-0.3, -0.25) is 0 Å². The summed E-state index contributed by atoms with van der Waals surface area (Å²) in [5.41, 5.74) is -0.267. The molecule has 0 aliphatic carbocycles. The van der Waals surface area contributed by atoms with Crippen LogP contribution in [-0.4, -0.2) is 62.5 Å². The van der Waals surface area contributed by atoms with Crippen molar-refractivity contribution in [2.45, 2.75) is 70.9 Å². The summed E-state index contributed by atoms with van der Waals surface area (Å²) < 4.78 is 11.6. The van der Waals surface area contributed by atoms with E-state index in [9.17, 15) is 9.90 Å². The minimum atomic E-state index is -1.14. The van der Waals surface area contributed by atoms with E-state index >= 15 is 0 Å². The molecule has 216 valence electrons. The molecule has 3 N–H and O–H groups in total. The standard InChI is InChI=1S/C32H49N3O4/c1-31(2,3)22-26(23-33-4)34-30(36)35-20-13-14-25(24-35)32(37,19-11-12-21-38-5)28-17-9-10-18-29(28)39-27-15-7-6-8-16-27/h6-10,15-18,25-26,33,37H,11-14,19-24H2,1-5H3,(H,34,36)/t25-,26+,32?/m1/s1. The Balaban J connectivity index is 1.84. The molecule has 3 rings (SSSR count). The Kier molecular flexibility index (Phi) is 11.6. The largest absolute Gasteiger partial charge is 0.457 e. The van der Waals surface area contributed by atoms with Gasteiger partial charge in [0.2, 0.25) is 0 Å². The van der Waals surface area contributed by atoms with Gasteiger partial charge in [0.15, 0.2) is 0 Å². The van der Waals surface area contributed by atoms with Crippen molar-refractivity contribution in [3.8, 4) is 11.5 Å². The number of carbonyl (C=O) groups excluding carboxylic acids is 1. The third-order valence-electron chi connectivity index (χ3n) is 7.50. The average molecular weight is 540 g/mol. The molecule has 1 unspecified atom stereocenters. The number of likely N-dealkylation sites (tertiary alicyclic amines) is 1. The lowest BCUT2D eigenvalue weighted by molar-refractivity contribution is -0.0575. The van der Waals surface area contributed by atoms with Gasteiger partial charge in [0.25, 0.3) is 0 Å². The predicted molar refractivity (Wildman–Crippen MR) is 157 cm³/mol. The molecule has 2 amide bonds. The normalized spacial score (nSPS) is 18.3. The van der Waals surface area contributed by atoms with Crippen molar-refractivity contribution >= 4 is 6.03 Å². The van der Waals surface area contributed by atoms with Gasteiger partial charge >= 0.3 is 6.03 Å². The van der Waals surface area contributed by atoms with Crippen molar-refractivity contribution < 1.29 is 19.4 Å². The predicted octanol–water partition coefficient (Wildman–Crippen LogP) is 5.93. The van der Waals surface area contributed by atoms with Crippen LogP contribution in [0.1, 0.15) is 64.9 Å². The van der Waals surface area contributed by atoms with Crippen molar-refractivity contribution in [3.05, 3.63) is 60.2 Å². The molecule has 2 aromatic rings. The Bertz CT molecular complexity index is 1010. The lowest BCUT2D eigenvalue weighted by Crippen LogP contribution is -2.54. The van der Waals surface area contributed by atoms with E-state index in [-0.39, 0.29) is 23.4 Å². The summed E-state index contributed by atoms with van der Waals surface area (Å²) in [7, 11) is 3.62. The third-order valence-corrected chi connectivity index (χ3v) is 7.50. The Hall–Kier alpha value is -2.61. The number of unbranched alkanes of at least 4 members (excludes halogenated alkanes) is 1. The number of nitrogens with one attached hydrogen (secondary N) is 2. The Labute approximate surface area is 235 Å². The van der Waals surface area contributed by atoms with E-state index in [0.29, 0.717) is 38.4 Å². The molecule has 0 spiro atoms. The molecule has 0 saturated carbocycles. The van der Waals surface area contributed by atoms with Crippen molar-refractivity contribution in [3.63, 3.8) is 0 Å². The smallest absolute Gasteiger partial charge is 0.317 e. The van der Waals surface area contributed by atoms with E-state index < -0.39 is 5.60 Å². The van der Waals surface area contributed by atoms with Crippen LogP contribution in [-0.2, 0) is 10.3 Å². The number of methoxy groups -OCH3 is 1. The number of benzene rings is 2. The molecule has 0 aromatic heterocycles. The number of aliphatic hydroxyl groups is 1. The van der Waals surface area contributed by atoms with E-state index in [1.807, 2.05) is 66.5 Å². The van der Waals surface area contributed by atoms with Gasteiger partial charge in [-0.1, -0.05) is 57.2 Å². The topological polar surface area (TPSA) is 83.1 Å². The van der Waals surface area contributed by atoms with Crippen LogP contribution in [0.5, 0.6) is 11.5 Å². The lowest BCUT2D eigenvalue weighted by Gasteiger charge is -2.43. The molecule has 1 aliphatic rings. The molecule has 2 aromatic carbocycles. The lowest BCUT2D eigenvalue weighted by atomic mass is 9.73. The van der Waals surface area contributed by atoms with E-state index in [2.05, 4.69) is 31.4 Å². The second-order valence-electron chi connectivity index (χ2n) is 12.0. The van der Waals surface area contributed by atoms with Gasteiger partial charge in [-0.05, 0) is 69.2 Å². The first-order valence-electron chi connectivity index (χ1n) is 14.4. The molecule has 0 bridgehead atoms. The second-order valence-corrected chi connectivity index (χ2v) is 12.0. The highest BCUT2D eigenvalue weighted by molar-refractivity contribution is 5.74. The summed E-state index contributed by atoms with van der Waals surface area (Å²) in [5, 5.41) is 19.0. The Morgan fingerprint density at radius 3 is 2.51 bits per heavy atom. The number of carbonyl (C=O) groups is 1. The number of urea groups is 1. The Morgan fingerprint density at radius 1 is 1.10 bits per heavy atom. The van der Waals surface area contributed by atoms with Gasteiger partial charge in [0, 0.05) is 50.9 Å². The number of hydrogen-bond acceptors (Lipinski definition) is 5. The monoisotopic (exact) mass is 539 g/mol. The first-order chi connectivity index (χ1) is 18.7. The van der Waals surface area contributed by atoms with Gasteiger partial charge in [-0.15, -0.1) is 0 Å². The van der Waals surface area contributed by atoms with Gasteiger partial charge in [-0.25, -0.2) is 4.79 Å². The van der Waals surface area contributed by atoms with Crippen molar-refractivity contribution in [1.82, 2.24) is 15.5 Å². The van der Waals surface area contributed by atoms with Gasteiger partial charge in [-0.2, -0.15) is 0 Å². The number of piperidine rings is 1. The van der Waals surface area contributed by atoms with E-state index in [1.165, 1.54) is 0 Å². The maximum absolute atomic E-state index is 13.4. The molecule has 0 radical (unpaired) electrons. The molecule has 1 aliphatic heterocycles. The average Bonchev–Trinajstić information content (AvgIpc) is 2.91. The fourth-order valence-corrected chi connectivity index (χ4v) is 5.71. The zero-order chi connectivity index (χ0) is 28.3. The minimum Gasteiger partial charge on any atom is -0.457 e. The molecule has 7 nitrogen and oxygen atoms in total. The maximum Gasteiger partial charge on any atom is 0.317 e. The number of hydrogen-bond donors (Lipinski definition) is 3. The van der Waals surface area contributed by atoms with Crippen LogP contribution in [0.3, 0.4) is 0 Å². The molecule has 39 heavy (non-hydrogen) atoms. The van der Waals surface area contributed by atoms with Crippen LogP contribution >= 0.6 is 0 Å². The van der Waals surface area contributed by atoms with Crippen LogP contribution in [0, 0.1) is 11.3 Å². The number of nitrogens with zero attached hydrogens (tertiary/aromatic N) is 1. The van der Waals surface area contributed by atoms with E-state index in [1.54, 1.807) is 7.11 Å². The molecule has 7 heteroatoms. The SMILES string of the molecule is CNC[C@H](CC(C)(C)C)NC(=O)N1CCC[C@@H](C(O)(CCCCOC)c2ccccc2Oc2ccccc2)C1. The van der Waals surface area contributed by atoms with Crippen molar-refractivity contribution in [2.75, 3.05) is 40.4 Å². The van der Waals surface area contributed by atoms with Gasteiger partial charge in [0.05, 0.1) is 5.60 Å². The highest BCUT2D eigenvalue weighted by Gasteiger charge is 2.43. The first-order valence-corrected chi connectivity index (χ1v) is 14.4. The second kappa shape index (κ2) is 14.7. The molecule has 1 saturated heterocycles. The quantitative estimate of drug-likeness (QED) is 0.275. The third kappa shape index (κ3) is 9.23. The van der Waals surface area contributed by atoms with Crippen molar-refractivity contribution in [2.24, 2.45) is 11.3 Å². The zero-order valence-corrected chi connectivity index (χ0v) is 24.5. The molecule has 1 fully saturated rings. The summed E-state index contributed by atoms with van der Waals surface area (Å²) in [6.45, 7) is 9.12. The summed E-state index contributed by atoms with van der Waals surface area (Å²) in [6, 6.07) is 17.4. The highest BCUT2D eigenvalue weighted by atomic mass is 16.5. The fraction of sp³-hybridized carbons (Fsp3) is 0.594. The number of para-hydroxylation sites is 2. The molecular weight excluding hydrogens is 490 g/mol. The van der Waals surface area contributed by atoms with Crippen LogP contribution < -0.4 is 15.4 Å². The number of ether oxygens (including phenoxy) is 2. The summed E-state index contributed by atoms with van der Waals surface area (Å²) in [5.74, 6) is 1.26. The highest BCUT2D eigenvalue weighted by Crippen LogP contribution is 2.44. The van der Waals surface area contributed by atoms with Crippen LogP contribution in [0.4, 0.5) is 4.79 Å². The summed E-state index contributed by atoms with van der Waals surface area (Å²) in [4.78, 5) is 15.3. The van der Waals surface area contributed by atoms with Crippen LogP contribution in [0.25, 0.3) is 0 Å². The number of amides is 2. The fourth-order valence-electron chi connectivity index (χ4n) is 5.71. The summed E-state index contributed by atoms with van der Waals surface area (Å²) >= 11 is 0. The van der Waals surface area contributed by atoms with Gasteiger partial charge < -0.3 is 30.1 Å².